The third kappa shape index (κ3) is 6.04. The molecule has 0 aliphatic rings. The Morgan fingerprint density at radius 2 is 1.62 bits per heavy atom. The SMILES string of the molecule is CCCCCC(C)NC(=O)C(Sc1ccccc1)c1ccccc1. The summed E-state index contributed by atoms with van der Waals surface area (Å²) in [5, 5.41) is 2.98. The van der Waals surface area contributed by atoms with Crippen LogP contribution in [-0.4, -0.2) is 11.9 Å². The molecule has 2 aromatic rings. The summed E-state index contributed by atoms with van der Waals surface area (Å²) < 4.78 is 0. The van der Waals surface area contributed by atoms with Gasteiger partial charge in [-0.05, 0) is 31.0 Å². The van der Waals surface area contributed by atoms with Gasteiger partial charge in [0.1, 0.15) is 5.25 Å². The summed E-state index contributed by atoms with van der Waals surface area (Å²) in [4.78, 5) is 14.0. The summed E-state index contributed by atoms with van der Waals surface area (Å²) in [7, 11) is 0. The van der Waals surface area contributed by atoms with E-state index in [1.807, 2.05) is 48.5 Å². The van der Waals surface area contributed by atoms with Gasteiger partial charge in [-0.25, -0.2) is 0 Å². The van der Waals surface area contributed by atoms with Gasteiger partial charge in [0.15, 0.2) is 0 Å². The standard InChI is InChI=1S/C21H27NOS/c1-3-4-7-12-17(2)22-21(23)20(18-13-8-5-9-14-18)24-19-15-10-6-11-16-19/h5-6,8-11,13-17,20H,3-4,7,12H2,1-2H3,(H,22,23). The average molecular weight is 342 g/mol. The van der Waals surface area contributed by atoms with Gasteiger partial charge in [0.2, 0.25) is 5.91 Å². The van der Waals surface area contributed by atoms with Gasteiger partial charge in [-0.15, -0.1) is 11.8 Å². The first kappa shape index (κ1) is 18.6. The van der Waals surface area contributed by atoms with Gasteiger partial charge < -0.3 is 5.32 Å². The second kappa shape index (κ2) is 10.2. The third-order valence-electron chi connectivity index (χ3n) is 3.97. The van der Waals surface area contributed by atoms with E-state index in [0.717, 1.165) is 16.9 Å². The van der Waals surface area contributed by atoms with E-state index in [9.17, 15) is 4.79 Å². The fourth-order valence-corrected chi connectivity index (χ4v) is 3.68. The van der Waals surface area contributed by atoms with Crippen molar-refractivity contribution in [3.8, 4) is 0 Å². The van der Waals surface area contributed by atoms with E-state index in [-0.39, 0.29) is 17.2 Å². The molecule has 1 amide bonds. The number of benzene rings is 2. The molecular weight excluding hydrogens is 314 g/mol. The number of hydrogen-bond donors (Lipinski definition) is 1. The Bertz CT molecular complexity index is 600. The van der Waals surface area contributed by atoms with Crippen molar-refractivity contribution in [2.24, 2.45) is 0 Å². The first-order valence-corrected chi connectivity index (χ1v) is 9.65. The molecule has 0 spiro atoms. The van der Waals surface area contributed by atoms with Crippen LogP contribution >= 0.6 is 11.8 Å². The second-order valence-electron chi connectivity index (χ2n) is 6.13. The maximum atomic E-state index is 12.9. The molecule has 0 fully saturated rings. The van der Waals surface area contributed by atoms with E-state index in [1.165, 1.54) is 19.3 Å². The van der Waals surface area contributed by atoms with Crippen molar-refractivity contribution in [2.75, 3.05) is 0 Å². The summed E-state index contributed by atoms with van der Waals surface area (Å²) in [6.07, 6.45) is 4.63. The highest BCUT2D eigenvalue weighted by atomic mass is 32.2. The van der Waals surface area contributed by atoms with Crippen LogP contribution in [0.2, 0.25) is 0 Å². The molecule has 0 aliphatic carbocycles. The van der Waals surface area contributed by atoms with Gasteiger partial charge in [0.25, 0.3) is 0 Å². The number of amides is 1. The van der Waals surface area contributed by atoms with Crippen LogP contribution in [0.5, 0.6) is 0 Å². The molecule has 0 saturated heterocycles. The number of unbranched alkanes of at least 4 members (excludes halogenated alkanes) is 2. The lowest BCUT2D eigenvalue weighted by atomic mass is 10.1. The van der Waals surface area contributed by atoms with Crippen molar-refractivity contribution in [3.05, 3.63) is 66.2 Å². The minimum Gasteiger partial charge on any atom is -0.352 e. The molecule has 24 heavy (non-hydrogen) atoms. The minimum absolute atomic E-state index is 0.0963. The molecule has 2 rings (SSSR count). The molecule has 128 valence electrons. The smallest absolute Gasteiger partial charge is 0.238 e. The molecule has 3 heteroatoms. The zero-order chi connectivity index (χ0) is 17.2. The van der Waals surface area contributed by atoms with Gasteiger partial charge in [-0.3, -0.25) is 4.79 Å². The van der Waals surface area contributed by atoms with Crippen LogP contribution in [0.1, 0.15) is 50.3 Å². The monoisotopic (exact) mass is 341 g/mol. The van der Waals surface area contributed by atoms with Crippen molar-refractivity contribution in [1.82, 2.24) is 5.32 Å². The van der Waals surface area contributed by atoms with E-state index in [2.05, 4.69) is 31.3 Å². The van der Waals surface area contributed by atoms with Crippen molar-refractivity contribution >= 4 is 17.7 Å². The number of nitrogens with one attached hydrogen (secondary N) is 1. The van der Waals surface area contributed by atoms with Gasteiger partial charge in [0.05, 0.1) is 0 Å². The van der Waals surface area contributed by atoms with Crippen LogP contribution in [0.25, 0.3) is 0 Å². The summed E-state index contributed by atoms with van der Waals surface area (Å²) in [5.74, 6) is 0.0963. The van der Waals surface area contributed by atoms with E-state index < -0.39 is 0 Å². The zero-order valence-corrected chi connectivity index (χ0v) is 15.4. The minimum atomic E-state index is -0.220. The Morgan fingerprint density at radius 3 is 2.25 bits per heavy atom. The molecule has 2 nitrogen and oxygen atoms in total. The maximum absolute atomic E-state index is 12.9. The predicted molar refractivity (Wildman–Crippen MR) is 103 cm³/mol. The van der Waals surface area contributed by atoms with E-state index in [0.29, 0.717) is 0 Å². The lowest BCUT2D eigenvalue weighted by Gasteiger charge is -2.20. The first-order valence-electron chi connectivity index (χ1n) is 8.77. The van der Waals surface area contributed by atoms with Crippen LogP contribution in [0, 0.1) is 0 Å². The van der Waals surface area contributed by atoms with Crippen LogP contribution < -0.4 is 5.32 Å². The molecule has 2 atom stereocenters. The summed E-state index contributed by atoms with van der Waals surface area (Å²) in [6.45, 7) is 4.30. The molecule has 2 unspecified atom stereocenters. The lowest BCUT2D eigenvalue weighted by molar-refractivity contribution is -0.121. The van der Waals surface area contributed by atoms with Crippen LogP contribution in [0.3, 0.4) is 0 Å². The quantitative estimate of drug-likeness (QED) is 0.475. The van der Waals surface area contributed by atoms with Crippen molar-refractivity contribution in [2.45, 2.75) is 55.7 Å². The zero-order valence-electron chi connectivity index (χ0n) is 14.6. The summed E-state index contributed by atoms with van der Waals surface area (Å²) in [6, 6.07) is 20.4. The molecular formula is C21H27NOS. The Kier molecular flexibility index (Phi) is 7.90. The third-order valence-corrected chi connectivity index (χ3v) is 5.23. The molecule has 0 aliphatic heterocycles. The average Bonchev–Trinajstić information content (AvgIpc) is 2.61. The topological polar surface area (TPSA) is 29.1 Å². The van der Waals surface area contributed by atoms with Crippen LogP contribution in [-0.2, 0) is 4.79 Å². The summed E-state index contributed by atoms with van der Waals surface area (Å²) in [5.41, 5.74) is 1.05. The number of hydrogen-bond acceptors (Lipinski definition) is 2. The molecule has 0 heterocycles. The Balaban J connectivity index is 2.06. The largest absolute Gasteiger partial charge is 0.352 e. The van der Waals surface area contributed by atoms with Crippen molar-refractivity contribution in [1.29, 1.82) is 0 Å². The number of carbonyl (C=O) groups excluding carboxylic acids is 1. The van der Waals surface area contributed by atoms with E-state index >= 15 is 0 Å². The van der Waals surface area contributed by atoms with E-state index in [1.54, 1.807) is 11.8 Å². The first-order chi connectivity index (χ1) is 11.7. The molecule has 0 aromatic heterocycles. The number of carbonyl (C=O) groups is 1. The van der Waals surface area contributed by atoms with Crippen LogP contribution in [0.4, 0.5) is 0 Å². The molecule has 1 N–H and O–H groups in total. The molecule has 0 saturated carbocycles. The predicted octanol–water partition coefficient (Wildman–Crippen LogP) is 5.61. The highest BCUT2D eigenvalue weighted by Gasteiger charge is 2.23. The summed E-state index contributed by atoms with van der Waals surface area (Å²) >= 11 is 1.61. The molecule has 2 aromatic carbocycles. The Morgan fingerprint density at radius 1 is 1.00 bits per heavy atom. The van der Waals surface area contributed by atoms with Gasteiger partial charge >= 0.3 is 0 Å². The van der Waals surface area contributed by atoms with Gasteiger partial charge in [-0.1, -0.05) is 74.7 Å². The second-order valence-corrected chi connectivity index (χ2v) is 7.31. The lowest BCUT2D eigenvalue weighted by Crippen LogP contribution is -2.35. The normalized spacial score (nSPS) is 13.2. The highest BCUT2D eigenvalue weighted by Crippen LogP contribution is 2.35. The Hall–Kier alpha value is -1.74. The Labute approximate surface area is 150 Å². The fraction of sp³-hybridized carbons (Fsp3) is 0.381. The van der Waals surface area contributed by atoms with Crippen molar-refractivity contribution < 1.29 is 4.79 Å². The molecule has 0 bridgehead atoms. The van der Waals surface area contributed by atoms with Crippen molar-refractivity contribution in [3.63, 3.8) is 0 Å². The number of thioether (sulfide) groups is 1. The van der Waals surface area contributed by atoms with Crippen LogP contribution in [0.15, 0.2) is 65.6 Å². The fourth-order valence-electron chi connectivity index (χ4n) is 2.63. The highest BCUT2D eigenvalue weighted by molar-refractivity contribution is 8.00. The number of rotatable bonds is 9. The maximum Gasteiger partial charge on any atom is 0.238 e. The van der Waals surface area contributed by atoms with Gasteiger partial charge in [-0.2, -0.15) is 0 Å². The van der Waals surface area contributed by atoms with Gasteiger partial charge in [0, 0.05) is 10.9 Å². The van der Waals surface area contributed by atoms with E-state index in [4.69, 9.17) is 0 Å². The molecule has 0 radical (unpaired) electrons.